The summed E-state index contributed by atoms with van der Waals surface area (Å²) in [6.07, 6.45) is 1.48. The van der Waals surface area contributed by atoms with Crippen LogP contribution in [0.5, 0.6) is 0 Å². The van der Waals surface area contributed by atoms with Crippen molar-refractivity contribution in [1.29, 1.82) is 10.5 Å². The Morgan fingerprint density at radius 1 is 1.08 bits per heavy atom. The molecule has 1 aliphatic carbocycles. The molecule has 6 nitrogen and oxygen atoms in total. The van der Waals surface area contributed by atoms with E-state index in [1.165, 1.54) is 0 Å². The minimum Gasteiger partial charge on any atom is -0.386 e. The normalized spacial score (nSPS) is 30.8. The molecular weight excluding hydrogens is 328 g/mol. The second kappa shape index (κ2) is 6.39. The number of hydrogen-bond acceptors (Lipinski definition) is 6. The van der Waals surface area contributed by atoms with Gasteiger partial charge in [0.2, 0.25) is 0 Å². The van der Waals surface area contributed by atoms with Crippen LogP contribution in [0.25, 0.3) is 0 Å². The zero-order chi connectivity index (χ0) is 19.0. The van der Waals surface area contributed by atoms with Gasteiger partial charge in [0.15, 0.2) is 5.41 Å². The third-order valence-corrected chi connectivity index (χ3v) is 5.34. The van der Waals surface area contributed by atoms with E-state index in [0.717, 1.165) is 24.0 Å². The Balaban J connectivity index is 2.15. The van der Waals surface area contributed by atoms with E-state index in [9.17, 15) is 10.5 Å². The van der Waals surface area contributed by atoms with Gasteiger partial charge in [-0.3, -0.25) is 0 Å². The van der Waals surface area contributed by atoms with Crippen LogP contribution in [0.15, 0.2) is 29.3 Å². The van der Waals surface area contributed by atoms with Gasteiger partial charge < -0.3 is 15.2 Å². The highest BCUT2D eigenvalue weighted by Gasteiger charge is 2.93. The van der Waals surface area contributed by atoms with Crippen LogP contribution in [-0.4, -0.2) is 25.0 Å². The first-order chi connectivity index (χ1) is 12.5. The van der Waals surface area contributed by atoms with Crippen LogP contribution in [0.1, 0.15) is 43.7 Å². The smallest absolute Gasteiger partial charge is 0.293 e. The van der Waals surface area contributed by atoms with E-state index in [-0.39, 0.29) is 5.84 Å². The van der Waals surface area contributed by atoms with Crippen LogP contribution in [0.2, 0.25) is 0 Å². The van der Waals surface area contributed by atoms with Crippen molar-refractivity contribution in [3.05, 3.63) is 35.4 Å². The van der Waals surface area contributed by atoms with Gasteiger partial charge in [-0.25, -0.2) is 4.99 Å². The van der Waals surface area contributed by atoms with Crippen LogP contribution in [-0.2, 0) is 9.47 Å². The van der Waals surface area contributed by atoms with Crippen molar-refractivity contribution >= 4 is 5.84 Å². The molecule has 136 valence electrons. The summed E-state index contributed by atoms with van der Waals surface area (Å²) in [6.45, 7) is 6.66. The fourth-order valence-corrected chi connectivity index (χ4v) is 4.10. The van der Waals surface area contributed by atoms with Crippen molar-refractivity contribution in [2.45, 2.75) is 45.4 Å². The number of hydrogen-bond donors (Lipinski definition) is 1. The predicted octanol–water partition coefficient (Wildman–Crippen LogP) is 2.99. The number of ether oxygens (including phenoxy) is 2. The lowest BCUT2D eigenvalue weighted by molar-refractivity contribution is -0.259. The van der Waals surface area contributed by atoms with Gasteiger partial charge in [0.25, 0.3) is 5.91 Å². The van der Waals surface area contributed by atoms with Gasteiger partial charge in [0.05, 0.1) is 25.4 Å². The summed E-state index contributed by atoms with van der Waals surface area (Å²) in [4.78, 5) is 4.41. The molecule has 26 heavy (non-hydrogen) atoms. The monoisotopic (exact) mass is 352 g/mol. The standard InChI is InChI=1S/C20H24N4O2/c1-4-10-25-20(26-11-5-2)19(13-22)16(15-8-6-14(3)7-9-15)18(19,12-21)17(23)24-20/h6-9,16H,4-5,10-11H2,1-3H3,(H2,23,24). The van der Waals surface area contributed by atoms with Gasteiger partial charge in [0, 0.05) is 5.92 Å². The van der Waals surface area contributed by atoms with Crippen molar-refractivity contribution < 1.29 is 9.47 Å². The molecule has 0 spiro atoms. The number of nitrogens with two attached hydrogens (primary N) is 1. The Labute approximate surface area is 154 Å². The quantitative estimate of drug-likeness (QED) is 0.760. The van der Waals surface area contributed by atoms with E-state index >= 15 is 0 Å². The lowest BCUT2D eigenvalue weighted by Gasteiger charge is -2.32. The second-order valence-electron chi connectivity index (χ2n) is 6.96. The Hall–Kier alpha value is -2.41. The Morgan fingerprint density at radius 3 is 2.12 bits per heavy atom. The van der Waals surface area contributed by atoms with Gasteiger partial charge in [-0.2, -0.15) is 10.5 Å². The predicted molar refractivity (Wildman–Crippen MR) is 96.9 cm³/mol. The Bertz CT molecular complexity index is 797. The highest BCUT2D eigenvalue weighted by molar-refractivity contribution is 6.00. The second-order valence-corrected chi connectivity index (χ2v) is 6.96. The summed E-state index contributed by atoms with van der Waals surface area (Å²) in [6, 6.07) is 12.4. The van der Waals surface area contributed by atoms with Crippen molar-refractivity contribution in [3.8, 4) is 12.1 Å². The van der Waals surface area contributed by atoms with Crippen molar-refractivity contribution in [2.24, 2.45) is 21.6 Å². The zero-order valence-corrected chi connectivity index (χ0v) is 15.5. The average molecular weight is 352 g/mol. The van der Waals surface area contributed by atoms with Gasteiger partial charge in [-0.15, -0.1) is 0 Å². The molecule has 3 atom stereocenters. The van der Waals surface area contributed by atoms with E-state index in [4.69, 9.17) is 15.2 Å². The van der Waals surface area contributed by atoms with Gasteiger partial charge >= 0.3 is 0 Å². The zero-order valence-electron chi connectivity index (χ0n) is 15.5. The molecule has 1 fully saturated rings. The summed E-state index contributed by atoms with van der Waals surface area (Å²) in [5, 5.41) is 20.2. The number of amidine groups is 1. The maximum absolute atomic E-state index is 10.2. The molecule has 1 aliphatic heterocycles. The van der Waals surface area contributed by atoms with Crippen LogP contribution < -0.4 is 5.73 Å². The van der Waals surface area contributed by atoms with E-state index in [1.807, 2.05) is 45.0 Å². The first-order valence-corrected chi connectivity index (χ1v) is 9.02. The maximum Gasteiger partial charge on any atom is 0.293 e. The van der Waals surface area contributed by atoms with Crippen LogP contribution in [0.4, 0.5) is 0 Å². The summed E-state index contributed by atoms with van der Waals surface area (Å²) in [5.41, 5.74) is 5.70. The summed E-state index contributed by atoms with van der Waals surface area (Å²) >= 11 is 0. The summed E-state index contributed by atoms with van der Waals surface area (Å²) in [5.74, 6) is -1.85. The van der Waals surface area contributed by atoms with Gasteiger partial charge in [0.1, 0.15) is 11.3 Å². The van der Waals surface area contributed by atoms with Crippen molar-refractivity contribution in [3.63, 3.8) is 0 Å². The van der Waals surface area contributed by atoms with E-state index < -0.39 is 22.7 Å². The largest absolute Gasteiger partial charge is 0.386 e. The maximum atomic E-state index is 10.2. The number of aryl methyl sites for hydroxylation is 1. The third-order valence-electron chi connectivity index (χ3n) is 5.34. The molecule has 2 N–H and O–H groups in total. The molecule has 1 aromatic rings. The van der Waals surface area contributed by atoms with Crippen LogP contribution >= 0.6 is 0 Å². The fraction of sp³-hybridized carbons (Fsp3) is 0.550. The fourth-order valence-electron chi connectivity index (χ4n) is 4.10. The number of aliphatic imine (C=N–C) groups is 1. The Morgan fingerprint density at radius 2 is 1.65 bits per heavy atom. The topological polar surface area (TPSA) is 104 Å². The summed E-state index contributed by atoms with van der Waals surface area (Å²) < 4.78 is 12.0. The van der Waals surface area contributed by atoms with E-state index in [0.29, 0.717) is 13.2 Å². The molecule has 6 heteroatoms. The van der Waals surface area contributed by atoms with Crippen LogP contribution in [0.3, 0.4) is 0 Å². The molecule has 3 unspecified atom stereocenters. The lowest BCUT2D eigenvalue weighted by Crippen LogP contribution is -2.44. The van der Waals surface area contributed by atoms with E-state index in [1.54, 1.807) is 0 Å². The average Bonchev–Trinajstić information content (AvgIpc) is 3.23. The molecule has 1 heterocycles. The van der Waals surface area contributed by atoms with Gasteiger partial charge in [-0.05, 0) is 25.3 Å². The summed E-state index contributed by atoms with van der Waals surface area (Å²) in [7, 11) is 0. The first kappa shape index (κ1) is 18.4. The number of fused-ring (bicyclic) bond motifs is 1. The highest BCUT2D eigenvalue weighted by Crippen LogP contribution is 2.82. The number of nitrogens with zero attached hydrogens (tertiary/aromatic N) is 3. The molecule has 1 aromatic carbocycles. The molecule has 0 amide bonds. The molecule has 2 aliphatic rings. The SMILES string of the molecule is CCCOC1(OCCC)N=C(N)C2(C#N)C(c3ccc(C)cc3)C12C#N. The van der Waals surface area contributed by atoms with Crippen molar-refractivity contribution in [1.82, 2.24) is 0 Å². The molecule has 0 bridgehead atoms. The van der Waals surface area contributed by atoms with Gasteiger partial charge in [-0.1, -0.05) is 43.7 Å². The third kappa shape index (κ3) is 2.06. The lowest BCUT2D eigenvalue weighted by atomic mass is 9.93. The number of nitriles is 2. The highest BCUT2D eigenvalue weighted by atomic mass is 16.7. The first-order valence-electron chi connectivity index (χ1n) is 9.02. The van der Waals surface area contributed by atoms with Crippen molar-refractivity contribution in [2.75, 3.05) is 13.2 Å². The molecule has 0 radical (unpaired) electrons. The molecule has 0 saturated heterocycles. The molecular formula is C20H24N4O2. The Kier molecular flexibility index (Phi) is 4.52. The minimum atomic E-state index is -1.54. The molecule has 1 saturated carbocycles. The number of rotatable bonds is 7. The van der Waals surface area contributed by atoms with Crippen LogP contribution in [0, 0.1) is 40.4 Å². The molecule has 0 aromatic heterocycles. The number of benzene rings is 1. The van der Waals surface area contributed by atoms with E-state index in [2.05, 4.69) is 17.1 Å². The molecule has 3 rings (SSSR count). The minimum absolute atomic E-state index is 0.124.